The minimum Gasteiger partial charge on any atom is -0.487 e. The number of rotatable bonds is 7. The van der Waals surface area contributed by atoms with Crippen LogP contribution >= 0.6 is 0 Å². The van der Waals surface area contributed by atoms with Crippen molar-refractivity contribution < 1.29 is 33.6 Å². The third-order valence-electron chi connectivity index (χ3n) is 7.00. The van der Waals surface area contributed by atoms with E-state index in [2.05, 4.69) is 15.6 Å². The molecule has 6 rings (SSSR count). The van der Waals surface area contributed by atoms with E-state index in [-0.39, 0.29) is 43.7 Å². The minimum atomic E-state index is -0.568. The van der Waals surface area contributed by atoms with Crippen LogP contribution in [0.5, 0.6) is 17.2 Å². The zero-order valence-electron chi connectivity index (χ0n) is 20.5. The number of hydrogen-bond donors (Lipinski definition) is 3. The molecule has 1 fully saturated rings. The zero-order chi connectivity index (χ0) is 26.1. The van der Waals surface area contributed by atoms with Gasteiger partial charge in [0.1, 0.15) is 18.0 Å². The average molecular weight is 518 g/mol. The van der Waals surface area contributed by atoms with E-state index in [4.69, 9.17) is 18.9 Å². The molecular weight excluding hydrogens is 490 g/mol. The van der Waals surface area contributed by atoms with E-state index in [0.717, 1.165) is 11.3 Å². The Hall–Kier alpha value is -4.15. The Morgan fingerprint density at radius 1 is 1.03 bits per heavy atom. The SMILES string of the molecule is O=C(C[C@H]1C[C@@H]2c3cc(NC(=O)c4ccc5c(c4)OCO5)ccc3O[C@@H]2[C@H](CO)O1)NCc1ccccn1. The number of hydrogen-bond acceptors (Lipinski definition) is 8. The number of aliphatic hydroxyl groups is 1. The van der Waals surface area contributed by atoms with E-state index in [1.165, 1.54) is 0 Å². The van der Waals surface area contributed by atoms with E-state index in [1.807, 2.05) is 30.3 Å². The van der Waals surface area contributed by atoms with Gasteiger partial charge in [0.2, 0.25) is 12.7 Å². The Morgan fingerprint density at radius 2 is 1.89 bits per heavy atom. The van der Waals surface area contributed by atoms with Gasteiger partial charge in [-0.2, -0.15) is 0 Å². The first-order valence-electron chi connectivity index (χ1n) is 12.5. The minimum absolute atomic E-state index is 0.0908. The average Bonchev–Trinajstić information content (AvgIpc) is 3.56. The lowest BCUT2D eigenvalue weighted by Gasteiger charge is -2.37. The van der Waals surface area contributed by atoms with Crippen LogP contribution in [-0.2, 0) is 16.1 Å². The summed E-state index contributed by atoms with van der Waals surface area (Å²) in [4.78, 5) is 29.7. The molecule has 3 aliphatic rings. The second kappa shape index (κ2) is 10.3. The molecule has 1 saturated heterocycles. The van der Waals surface area contributed by atoms with E-state index >= 15 is 0 Å². The van der Waals surface area contributed by atoms with Gasteiger partial charge in [-0.15, -0.1) is 0 Å². The molecule has 38 heavy (non-hydrogen) atoms. The van der Waals surface area contributed by atoms with Crippen LogP contribution in [0.15, 0.2) is 60.8 Å². The quantitative estimate of drug-likeness (QED) is 0.437. The monoisotopic (exact) mass is 517 g/mol. The number of carbonyl (C=O) groups is 2. The largest absolute Gasteiger partial charge is 0.487 e. The maximum Gasteiger partial charge on any atom is 0.255 e. The van der Waals surface area contributed by atoms with Crippen molar-refractivity contribution in [2.24, 2.45) is 0 Å². The fourth-order valence-corrected chi connectivity index (χ4v) is 5.18. The van der Waals surface area contributed by atoms with Gasteiger partial charge in [-0.25, -0.2) is 0 Å². The highest BCUT2D eigenvalue weighted by molar-refractivity contribution is 6.04. The third kappa shape index (κ3) is 4.88. The number of nitrogens with zero attached hydrogens (tertiary/aromatic N) is 1. The molecule has 0 saturated carbocycles. The van der Waals surface area contributed by atoms with Crippen molar-refractivity contribution in [3.63, 3.8) is 0 Å². The summed E-state index contributed by atoms with van der Waals surface area (Å²) in [5, 5.41) is 15.8. The van der Waals surface area contributed by atoms with Crippen LogP contribution in [0.1, 0.15) is 40.4 Å². The van der Waals surface area contributed by atoms with Crippen molar-refractivity contribution >= 4 is 17.5 Å². The number of fused-ring (bicyclic) bond motifs is 4. The van der Waals surface area contributed by atoms with Gasteiger partial charge in [0.15, 0.2) is 11.5 Å². The molecule has 10 nitrogen and oxygen atoms in total. The van der Waals surface area contributed by atoms with Gasteiger partial charge in [0.25, 0.3) is 5.91 Å². The smallest absolute Gasteiger partial charge is 0.255 e. The van der Waals surface area contributed by atoms with E-state index in [9.17, 15) is 14.7 Å². The molecule has 4 atom stereocenters. The topological polar surface area (TPSA) is 128 Å². The normalized spacial score (nSPS) is 22.7. The molecule has 0 radical (unpaired) electrons. The first-order chi connectivity index (χ1) is 18.6. The van der Waals surface area contributed by atoms with Crippen LogP contribution < -0.4 is 24.8 Å². The Morgan fingerprint density at radius 3 is 2.74 bits per heavy atom. The van der Waals surface area contributed by atoms with Gasteiger partial charge < -0.3 is 34.7 Å². The van der Waals surface area contributed by atoms with E-state index in [1.54, 1.807) is 30.5 Å². The summed E-state index contributed by atoms with van der Waals surface area (Å²) in [5.41, 5.74) is 2.76. The summed E-state index contributed by atoms with van der Waals surface area (Å²) < 4.78 is 22.9. The molecule has 0 spiro atoms. The molecular formula is C28H27N3O7. The summed E-state index contributed by atoms with van der Waals surface area (Å²) in [5.74, 6) is 1.31. The summed E-state index contributed by atoms with van der Waals surface area (Å²) in [7, 11) is 0. The summed E-state index contributed by atoms with van der Waals surface area (Å²) in [6.45, 7) is 0.244. The van der Waals surface area contributed by atoms with E-state index < -0.39 is 12.2 Å². The van der Waals surface area contributed by atoms with Crippen LogP contribution in [0.4, 0.5) is 5.69 Å². The lowest BCUT2D eigenvalue weighted by atomic mass is 9.84. The fraction of sp³-hybridized carbons (Fsp3) is 0.321. The molecule has 3 aliphatic heterocycles. The Bertz CT molecular complexity index is 1350. The van der Waals surface area contributed by atoms with Gasteiger partial charge in [0.05, 0.1) is 31.4 Å². The van der Waals surface area contributed by atoms with E-state index in [0.29, 0.717) is 41.5 Å². The molecule has 2 amide bonds. The number of aliphatic hydroxyl groups excluding tert-OH is 1. The van der Waals surface area contributed by atoms with Crippen LogP contribution in [-0.4, -0.2) is 53.6 Å². The number of aromatic nitrogens is 1. The molecule has 0 aliphatic carbocycles. The number of benzene rings is 2. The maximum atomic E-state index is 12.9. The summed E-state index contributed by atoms with van der Waals surface area (Å²) >= 11 is 0. The number of ether oxygens (including phenoxy) is 4. The number of nitrogens with one attached hydrogen (secondary N) is 2. The Balaban J connectivity index is 1.13. The molecule has 3 aromatic rings. The van der Waals surface area contributed by atoms with Crippen LogP contribution in [0.2, 0.25) is 0 Å². The number of pyridine rings is 1. The molecule has 196 valence electrons. The number of amides is 2. The Kier molecular flexibility index (Phi) is 6.57. The van der Waals surface area contributed by atoms with Crippen molar-refractivity contribution in [2.45, 2.75) is 43.6 Å². The second-order valence-electron chi connectivity index (χ2n) is 9.48. The molecule has 0 bridgehead atoms. The van der Waals surface area contributed by atoms with Crippen molar-refractivity contribution in [2.75, 3.05) is 18.7 Å². The fourth-order valence-electron chi connectivity index (χ4n) is 5.18. The first-order valence-corrected chi connectivity index (χ1v) is 12.5. The molecule has 1 aromatic heterocycles. The van der Waals surface area contributed by atoms with Crippen molar-refractivity contribution in [1.29, 1.82) is 0 Å². The summed E-state index contributed by atoms with van der Waals surface area (Å²) in [6.07, 6.45) is 1.05. The van der Waals surface area contributed by atoms with Crippen LogP contribution in [0, 0.1) is 0 Å². The lowest BCUT2D eigenvalue weighted by Crippen LogP contribution is -2.47. The first kappa shape index (κ1) is 24.2. The van der Waals surface area contributed by atoms with Crippen molar-refractivity contribution in [3.05, 3.63) is 77.6 Å². The molecule has 2 aromatic carbocycles. The highest BCUT2D eigenvalue weighted by Gasteiger charge is 2.46. The zero-order valence-corrected chi connectivity index (χ0v) is 20.5. The molecule has 10 heteroatoms. The van der Waals surface area contributed by atoms with Gasteiger partial charge in [-0.05, 0) is 55.0 Å². The van der Waals surface area contributed by atoms with Crippen molar-refractivity contribution in [3.8, 4) is 17.2 Å². The molecule has 0 unspecified atom stereocenters. The highest BCUT2D eigenvalue weighted by Crippen LogP contribution is 2.47. The summed E-state index contributed by atoms with van der Waals surface area (Å²) in [6, 6.07) is 16.1. The van der Waals surface area contributed by atoms with Gasteiger partial charge >= 0.3 is 0 Å². The lowest BCUT2D eigenvalue weighted by molar-refractivity contribution is -0.142. The van der Waals surface area contributed by atoms with Gasteiger partial charge in [0, 0.05) is 28.9 Å². The third-order valence-corrected chi connectivity index (χ3v) is 7.00. The standard InChI is InChI=1S/C28H27N3O7/c32-14-25-27-21(11-19(37-25)12-26(33)30-13-18-3-1-2-8-29-18)20-10-17(5-7-22(20)38-27)31-28(34)16-4-6-23-24(9-16)36-15-35-23/h1-10,19,21,25,27,32H,11-15H2,(H,30,33)(H,31,34)/t19-,21-,25+,27+/m1/s1. The Labute approximate surface area is 218 Å². The predicted octanol–water partition coefficient (Wildman–Crippen LogP) is 2.76. The molecule has 3 N–H and O–H groups in total. The van der Waals surface area contributed by atoms with Crippen LogP contribution in [0.25, 0.3) is 0 Å². The predicted molar refractivity (Wildman–Crippen MR) is 135 cm³/mol. The number of anilines is 1. The maximum absolute atomic E-state index is 12.9. The van der Waals surface area contributed by atoms with Gasteiger partial charge in [-0.3, -0.25) is 14.6 Å². The van der Waals surface area contributed by atoms with Gasteiger partial charge in [-0.1, -0.05) is 6.07 Å². The van der Waals surface area contributed by atoms with Crippen LogP contribution in [0.3, 0.4) is 0 Å². The molecule has 4 heterocycles. The highest BCUT2D eigenvalue weighted by atomic mass is 16.7. The second-order valence-corrected chi connectivity index (χ2v) is 9.48. The number of carbonyl (C=O) groups excluding carboxylic acids is 2. The van der Waals surface area contributed by atoms with Crippen molar-refractivity contribution in [1.82, 2.24) is 10.3 Å².